The van der Waals surface area contributed by atoms with Crippen LogP contribution in [0, 0.1) is 0 Å². The first-order chi connectivity index (χ1) is 9.59. The lowest BCUT2D eigenvalue weighted by molar-refractivity contribution is -0.158. The highest BCUT2D eigenvalue weighted by molar-refractivity contribution is 8.00. The number of Topliss-reactive ketones (excluding diaryl/α,β-unsaturated/α-hetero) is 1. The number of hydrogen-bond donors (Lipinski definition) is 0. The molecule has 94 valence electrons. The summed E-state index contributed by atoms with van der Waals surface area (Å²) in [5.74, 6) is -0.964. The number of rotatable bonds is 7. The largest absolute Gasteiger partial charge is 0.464 e. The third-order valence-corrected chi connectivity index (χ3v) is 2.44. The van der Waals surface area contributed by atoms with Crippen LogP contribution in [0.5, 0.6) is 0 Å². The Kier molecular flexibility index (Phi) is 13.5. The van der Waals surface area contributed by atoms with E-state index in [1.807, 2.05) is 0 Å². The average Bonchev–Trinajstić information content (AvgIpc) is 2.28. The molecular weight excluding hydrogens is 256 g/mol. The molecule has 0 rings (SSSR count). The lowest BCUT2D eigenvalue weighted by atomic mass is 8.58. The van der Waals surface area contributed by atoms with Crippen LogP contribution in [0.4, 0.5) is 0 Å². The molecule has 4 nitrogen and oxygen atoms in total. The van der Waals surface area contributed by atoms with E-state index in [2.05, 4.69) is 9.47 Å². The standard InChI is InChI=1S/C7H12O4.B10/c1-4-11-7(9)6(10-3)5(2)8;1-7(2)10(8(3)4)9(5)6/h6H,4H2,1-3H3;. The van der Waals surface area contributed by atoms with E-state index in [1.54, 1.807) is 6.92 Å². The Morgan fingerprint density at radius 2 is 1.38 bits per heavy atom. The van der Waals surface area contributed by atoms with E-state index in [0.29, 0.717) is 0 Å². The average molecular weight is 268 g/mol. The summed E-state index contributed by atoms with van der Waals surface area (Å²) in [5.41, 5.74) is 0. The molecule has 14 heteroatoms. The maximum atomic E-state index is 10.8. The summed E-state index contributed by atoms with van der Waals surface area (Å²) in [6.07, 6.45) is -3.50. The van der Waals surface area contributed by atoms with Crippen LogP contribution in [0.1, 0.15) is 13.8 Å². The summed E-state index contributed by atoms with van der Waals surface area (Å²) < 4.78 is 9.17. The van der Waals surface area contributed by atoms with Gasteiger partial charge in [-0.15, -0.1) is 0 Å². The van der Waals surface area contributed by atoms with Crippen molar-refractivity contribution in [2.45, 2.75) is 20.0 Å². The molecule has 0 heterocycles. The lowest BCUT2D eigenvalue weighted by Crippen LogP contribution is -2.62. The van der Waals surface area contributed by atoms with Crippen LogP contribution in [0.3, 0.4) is 0 Å². The minimum atomic E-state index is -1.06. The highest BCUT2D eigenvalue weighted by atomic mass is 16.6. The number of esters is 1. The molecule has 0 aliphatic carbocycles. The van der Waals surface area contributed by atoms with Crippen LogP contribution in [0.2, 0.25) is 0 Å². The number of ether oxygens (including phenoxy) is 2. The fourth-order valence-corrected chi connectivity index (χ4v) is 1.42. The normalized spacial score (nSPS) is 10.4. The molecule has 1 unspecified atom stereocenters. The SMILES string of the molecule is CCOC(=O)C(OC)C(C)=O.[B]B([B])B(B([B])[B])B([B])[B]. The molecular formula is C7H12B10O4. The van der Waals surface area contributed by atoms with Gasteiger partial charge >= 0.3 is 5.97 Å². The van der Waals surface area contributed by atoms with Crippen LogP contribution in [0.25, 0.3) is 0 Å². The number of hydrogen-bond acceptors (Lipinski definition) is 4. The van der Waals surface area contributed by atoms with Crippen molar-refractivity contribution in [2.24, 2.45) is 0 Å². The fourth-order valence-electron chi connectivity index (χ4n) is 1.42. The second kappa shape index (κ2) is 12.3. The van der Waals surface area contributed by atoms with E-state index in [9.17, 15) is 9.59 Å². The minimum Gasteiger partial charge on any atom is -0.464 e. The number of carbonyl (C=O) groups excluding carboxylic acids is 2. The van der Waals surface area contributed by atoms with E-state index in [4.69, 9.17) is 46.4 Å². The highest BCUT2D eigenvalue weighted by Crippen LogP contribution is 1.95. The molecule has 0 fully saturated rings. The van der Waals surface area contributed by atoms with E-state index in [-0.39, 0.29) is 12.4 Å². The molecule has 1 atom stereocenters. The zero-order valence-corrected chi connectivity index (χ0v) is 12.7. The van der Waals surface area contributed by atoms with E-state index >= 15 is 0 Å². The maximum absolute atomic E-state index is 10.8. The molecule has 0 spiro atoms. The number of carbonyl (C=O) groups is 2. The summed E-state index contributed by atoms with van der Waals surface area (Å²) in [4.78, 5) is 21.5. The summed E-state index contributed by atoms with van der Waals surface area (Å²) in [6, 6.07) is 0. The summed E-state index contributed by atoms with van der Waals surface area (Å²) in [6.45, 7) is 3.21. The van der Waals surface area contributed by atoms with Gasteiger partial charge in [-0.3, -0.25) is 4.79 Å². The fraction of sp³-hybridized carbons (Fsp3) is 0.714. The predicted molar refractivity (Wildman–Crippen MR) is 95.7 cm³/mol. The van der Waals surface area contributed by atoms with Crippen molar-refractivity contribution in [1.82, 2.24) is 0 Å². The second-order valence-electron chi connectivity index (χ2n) is 4.29. The molecule has 0 amide bonds. The first kappa shape index (κ1) is 23.0. The first-order valence-corrected chi connectivity index (χ1v) is 6.33. The molecule has 0 saturated carbocycles. The van der Waals surface area contributed by atoms with Gasteiger partial charge in [0.05, 0.1) is 6.61 Å². The van der Waals surface area contributed by atoms with Gasteiger partial charge in [-0.05, 0) is 13.8 Å². The van der Waals surface area contributed by atoms with Crippen molar-refractivity contribution in [3.63, 3.8) is 0 Å². The van der Waals surface area contributed by atoms with Crippen LogP contribution < -0.4 is 0 Å². The van der Waals surface area contributed by atoms with Gasteiger partial charge < -0.3 is 9.47 Å². The third kappa shape index (κ3) is 10.2. The van der Waals surface area contributed by atoms with Crippen LogP contribution in [-0.4, -0.2) is 104 Å². The van der Waals surface area contributed by atoms with Crippen LogP contribution >= 0.6 is 0 Å². The summed E-state index contributed by atoms with van der Waals surface area (Å²) in [5, 5.41) is 0. The molecule has 0 saturated heterocycles. The molecule has 0 aliphatic rings. The van der Waals surface area contributed by atoms with E-state index < -0.39 is 37.6 Å². The van der Waals surface area contributed by atoms with Gasteiger partial charge in [-0.1, -0.05) is 0 Å². The van der Waals surface area contributed by atoms with Crippen molar-refractivity contribution in [2.75, 3.05) is 13.7 Å². The molecule has 0 aliphatic heterocycles. The second-order valence-corrected chi connectivity index (χ2v) is 4.29. The van der Waals surface area contributed by atoms with Crippen molar-refractivity contribution in [1.29, 1.82) is 0 Å². The van der Waals surface area contributed by atoms with Crippen LogP contribution in [-0.2, 0) is 19.1 Å². The van der Waals surface area contributed by atoms with Gasteiger partial charge in [-0.2, -0.15) is 0 Å². The molecule has 21 heavy (non-hydrogen) atoms. The Morgan fingerprint density at radius 3 is 1.52 bits per heavy atom. The zero-order valence-electron chi connectivity index (χ0n) is 12.7. The van der Waals surface area contributed by atoms with Crippen molar-refractivity contribution < 1.29 is 19.1 Å². The Labute approximate surface area is 137 Å². The Hall–Kier alpha value is -0.251. The van der Waals surface area contributed by atoms with Crippen molar-refractivity contribution >= 4 is 83.7 Å². The van der Waals surface area contributed by atoms with Gasteiger partial charge in [-0.25, -0.2) is 4.79 Å². The first-order valence-electron chi connectivity index (χ1n) is 6.33. The smallest absolute Gasteiger partial charge is 0.343 e. The summed E-state index contributed by atoms with van der Waals surface area (Å²) in [7, 11) is 33.1. The predicted octanol–water partition coefficient (Wildman–Crippen LogP) is -3.65. The van der Waals surface area contributed by atoms with Crippen LogP contribution in [0.15, 0.2) is 0 Å². The van der Waals surface area contributed by atoms with Gasteiger partial charge in [0.15, 0.2) is 5.78 Å². The topological polar surface area (TPSA) is 52.6 Å². The Morgan fingerprint density at radius 1 is 1.00 bits per heavy atom. The van der Waals surface area contributed by atoms with Gasteiger partial charge in [0, 0.05) is 79.1 Å². The molecule has 0 aromatic rings. The Bertz CT molecular complexity index is 293. The highest BCUT2D eigenvalue weighted by Gasteiger charge is 2.24. The van der Waals surface area contributed by atoms with E-state index in [1.165, 1.54) is 14.0 Å². The van der Waals surface area contributed by atoms with Crippen molar-refractivity contribution in [3.05, 3.63) is 0 Å². The molecule has 0 bridgehead atoms. The lowest BCUT2D eigenvalue weighted by Gasteiger charge is -2.23. The number of methoxy groups -OCH3 is 1. The zero-order chi connectivity index (χ0) is 17.2. The molecule has 0 N–H and O–H groups in total. The van der Waals surface area contributed by atoms with Gasteiger partial charge in [0.25, 0.3) is 0 Å². The molecule has 12 radical (unpaired) electrons. The third-order valence-electron chi connectivity index (χ3n) is 2.44. The Balaban J connectivity index is 0. The van der Waals surface area contributed by atoms with E-state index in [0.717, 1.165) is 0 Å². The van der Waals surface area contributed by atoms with Crippen molar-refractivity contribution in [3.8, 4) is 0 Å². The number of ketones is 1. The quantitative estimate of drug-likeness (QED) is 0.271. The van der Waals surface area contributed by atoms with Gasteiger partial charge in [0.1, 0.15) is 0 Å². The maximum Gasteiger partial charge on any atom is 0.343 e. The summed E-state index contributed by atoms with van der Waals surface area (Å²) >= 11 is 0. The molecule has 0 aromatic heterocycles. The minimum absolute atomic E-state index is 0.256. The molecule has 0 aromatic carbocycles. The van der Waals surface area contributed by atoms with Gasteiger partial charge in [0.2, 0.25) is 6.10 Å². The monoisotopic (exact) mass is 270 g/mol.